The van der Waals surface area contributed by atoms with Gasteiger partial charge >= 0.3 is 0 Å². The van der Waals surface area contributed by atoms with Crippen LogP contribution in [0.5, 0.6) is 11.5 Å². The Bertz CT molecular complexity index is 1280. The van der Waals surface area contributed by atoms with Gasteiger partial charge in [0.1, 0.15) is 0 Å². The first-order valence-electron chi connectivity index (χ1n) is 10.1. The summed E-state index contributed by atoms with van der Waals surface area (Å²) >= 11 is 1.33. The molecule has 162 valence electrons. The summed E-state index contributed by atoms with van der Waals surface area (Å²) < 4.78 is 14.7. The molecule has 0 N–H and O–H groups in total. The summed E-state index contributed by atoms with van der Waals surface area (Å²) in [6.45, 7) is 4.90. The first-order valence-corrected chi connectivity index (χ1v) is 11.1. The fraction of sp³-hybridized carbons (Fsp3) is 0.217. The third-order valence-corrected chi connectivity index (χ3v) is 6.35. The highest BCUT2D eigenvalue weighted by Crippen LogP contribution is 2.33. The number of thioether (sulfide) groups is 1. The molecule has 0 fully saturated rings. The number of aryl methyl sites for hydroxylation is 1. The first-order chi connectivity index (χ1) is 15.6. The van der Waals surface area contributed by atoms with E-state index in [1.165, 1.54) is 11.8 Å². The number of para-hydroxylation sites is 1. The topological polar surface area (TPSA) is 84.1 Å². The third kappa shape index (κ3) is 3.87. The second kappa shape index (κ2) is 8.51. The van der Waals surface area contributed by atoms with E-state index in [0.29, 0.717) is 11.7 Å². The highest BCUT2D eigenvalue weighted by molar-refractivity contribution is 7.99. The van der Waals surface area contributed by atoms with Crippen molar-refractivity contribution in [2.24, 2.45) is 0 Å². The van der Waals surface area contributed by atoms with Crippen molar-refractivity contribution < 1.29 is 14.3 Å². The molecule has 4 aromatic rings. The van der Waals surface area contributed by atoms with Crippen LogP contribution < -0.4 is 9.47 Å². The van der Waals surface area contributed by atoms with Gasteiger partial charge in [-0.25, -0.2) is 0 Å². The fourth-order valence-corrected chi connectivity index (χ4v) is 4.53. The highest BCUT2D eigenvalue weighted by Gasteiger charge is 2.19. The molecule has 1 aliphatic heterocycles. The molecule has 0 bridgehead atoms. The van der Waals surface area contributed by atoms with Gasteiger partial charge in [-0.15, -0.1) is 5.10 Å². The molecule has 0 saturated carbocycles. The van der Waals surface area contributed by atoms with Gasteiger partial charge in [0.2, 0.25) is 11.9 Å². The Hall–Kier alpha value is -3.59. The van der Waals surface area contributed by atoms with Gasteiger partial charge in [-0.05, 0) is 60.2 Å². The molecule has 0 amide bonds. The number of Topliss-reactive ketones (excluding diaryl/α,β-unsaturated/α-hetero) is 1. The molecule has 0 spiro atoms. The number of aromatic nitrogens is 5. The number of hydrogen-bond donors (Lipinski definition) is 0. The van der Waals surface area contributed by atoms with Crippen molar-refractivity contribution in [3.63, 3.8) is 0 Å². The number of ketones is 1. The Morgan fingerprint density at radius 3 is 2.72 bits per heavy atom. The van der Waals surface area contributed by atoms with E-state index in [0.717, 1.165) is 39.7 Å². The summed E-state index contributed by atoms with van der Waals surface area (Å²) in [5.41, 5.74) is 4.63. The standard InChI is InChI=1S/C23H21N5O3S/c1-15-10-19(16(2)27(15)12-17-8-9-21-22(11-17)31-14-30-21)20(29)13-32-23-24-25-26-28(23)18-6-4-3-5-7-18/h3-11H,12-14H2,1-2H3. The zero-order valence-electron chi connectivity index (χ0n) is 17.7. The minimum Gasteiger partial charge on any atom is -0.454 e. The normalized spacial score (nSPS) is 12.3. The third-order valence-electron chi connectivity index (χ3n) is 5.43. The molecular formula is C23H21N5O3S. The number of nitrogens with zero attached hydrogens (tertiary/aromatic N) is 5. The smallest absolute Gasteiger partial charge is 0.231 e. The number of rotatable bonds is 7. The molecule has 1 aliphatic rings. The minimum absolute atomic E-state index is 0.0441. The summed E-state index contributed by atoms with van der Waals surface area (Å²) in [6, 6.07) is 17.5. The number of hydrogen-bond acceptors (Lipinski definition) is 7. The monoisotopic (exact) mass is 447 g/mol. The van der Waals surface area contributed by atoms with E-state index < -0.39 is 0 Å². The van der Waals surface area contributed by atoms with Crippen LogP contribution in [0.15, 0.2) is 59.8 Å². The van der Waals surface area contributed by atoms with Gasteiger partial charge < -0.3 is 14.0 Å². The summed E-state index contributed by atoms with van der Waals surface area (Å²) in [6.07, 6.45) is 0. The predicted octanol–water partition coefficient (Wildman–Crippen LogP) is 3.83. The Labute approximate surface area is 189 Å². The Kier molecular flexibility index (Phi) is 5.40. The van der Waals surface area contributed by atoms with Crippen LogP contribution in [-0.4, -0.2) is 43.1 Å². The lowest BCUT2D eigenvalue weighted by molar-refractivity contribution is 0.102. The molecular weight excluding hydrogens is 426 g/mol. The molecule has 0 aliphatic carbocycles. The molecule has 0 atom stereocenters. The molecule has 5 rings (SSSR count). The number of benzene rings is 2. The number of carbonyl (C=O) groups excluding carboxylic acids is 1. The predicted molar refractivity (Wildman–Crippen MR) is 120 cm³/mol. The zero-order valence-corrected chi connectivity index (χ0v) is 18.5. The number of carbonyl (C=O) groups is 1. The molecule has 32 heavy (non-hydrogen) atoms. The van der Waals surface area contributed by atoms with Gasteiger partial charge in [0.05, 0.1) is 11.4 Å². The van der Waals surface area contributed by atoms with Crippen molar-refractivity contribution in [3.8, 4) is 17.2 Å². The maximum Gasteiger partial charge on any atom is 0.231 e. The van der Waals surface area contributed by atoms with Crippen molar-refractivity contribution in [1.82, 2.24) is 24.8 Å². The van der Waals surface area contributed by atoms with Gasteiger partial charge in [0.15, 0.2) is 17.3 Å². The summed E-state index contributed by atoms with van der Waals surface area (Å²) in [5.74, 6) is 1.82. The van der Waals surface area contributed by atoms with Crippen LogP contribution in [0.4, 0.5) is 0 Å². The quantitative estimate of drug-likeness (QED) is 0.314. The first kappa shape index (κ1) is 20.3. The lowest BCUT2D eigenvalue weighted by atomic mass is 10.1. The maximum atomic E-state index is 13.0. The fourth-order valence-electron chi connectivity index (χ4n) is 3.76. The molecule has 2 aromatic carbocycles. The van der Waals surface area contributed by atoms with Crippen molar-refractivity contribution >= 4 is 17.5 Å². The summed E-state index contributed by atoms with van der Waals surface area (Å²) in [7, 11) is 0. The summed E-state index contributed by atoms with van der Waals surface area (Å²) in [4.78, 5) is 13.0. The van der Waals surface area contributed by atoms with Gasteiger partial charge in [-0.2, -0.15) is 4.68 Å². The van der Waals surface area contributed by atoms with E-state index >= 15 is 0 Å². The molecule has 0 saturated heterocycles. The second-order valence-electron chi connectivity index (χ2n) is 7.48. The lowest BCUT2D eigenvalue weighted by Crippen LogP contribution is -2.08. The number of ether oxygens (including phenoxy) is 2. The van der Waals surface area contributed by atoms with Crippen LogP contribution in [0.3, 0.4) is 0 Å². The van der Waals surface area contributed by atoms with Crippen LogP contribution >= 0.6 is 11.8 Å². The van der Waals surface area contributed by atoms with Crippen molar-refractivity contribution in [1.29, 1.82) is 0 Å². The number of fused-ring (bicyclic) bond motifs is 1. The molecule has 8 nitrogen and oxygen atoms in total. The van der Waals surface area contributed by atoms with Crippen molar-refractivity contribution in [3.05, 3.63) is 77.1 Å². The number of tetrazole rings is 1. The average Bonchev–Trinajstić information content (AvgIpc) is 3.53. The van der Waals surface area contributed by atoms with Crippen LogP contribution in [-0.2, 0) is 6.54 Å². The largest absolute Gasteiger partial charge is 0.454 e. The molecule has 3 heterocycles. The molecule has 9 heteroatoms. The van der Waals surface area contributed by atoms with Gasteiger partial charge in [-0.1, -0.05) is 36.0 Å². The molecule has 0 radical (unpaired) electrons. The van der Waals surface area contributed by atoms with E-state index in [1.807, 2.05) is 68.4 Å². The van der Waals surface area contributed by atoms with Gasteiger partial charge in [0, 0.05) is 23.5 Å². The lowest BCUT2D eigenvalue weighted by Gasteiger charge is -2.10. The second-order valence-corrected chi connectivity index (χ2v) is 8.42. The van der Waals surface area contributed by atoms with Crippen molar-refractivity contribution in [2.45, 2.75) is 25.5 Å². The minimum atomic E-state index is 0.0441. The van der Waals surface area contributed by atoms with E-state index in [2.05, 4.69) is 20.1 Å². The SMILES string of the molecule is Cc1cc(C(=O)CSc2nnnn2-c2ccccc2)c(C)n1Cc1ccc2c(c1)OCO2. The van der Waals surface area contributed by atoms with Gasteiger partial charge in [-0.3, -0.25) is 4.79 Å². The Morgan fingerprint density at radius 2 is 1.88 bits per heavy atom. The molecule has 0 unspecified atom stereocenters. The van der Waals surface area contributed by atoms with E-state index in [4.69, 9.17) is 9.47 Å². The van der Waals surface area contributed by atoms with Crippen molar-refractivity contribution in [2.75, 3.05) is 12.5 Å². The highest BCUT2D eigenvalue weighted by atomic mass is 32.2. The maximum absolute atomic E-state index is 13.0. The van der Waals surface area contributed by atoms with E-state index in [1.54, 1.807) is 4.68 Å². The Morgan fingerprint density at radius 1 is 1.06 bits per heavy atom. The summed E-state index contributed by atoms with van der Waals surface area (Å²) in [5, 5.41) is 12.5. The van der Waals surface area contributed by atoms with Crippen LogP contribution in [0.2, 0.25) is 0 Å². The average molecular weight is 448 g/mol. The van der Waals surface area contributed by atoms with Crippen LogP contribution in [0.25, 0.3) is 5.69 Å². The zero-order chi connectivity index (χ0) is 22.1. The van der Waals surface area contributed by atoms with E-state index in [9.17, 15) is 4.79 Å². The Balaban J connectivity index is 1.31. The van der Waals surface area contributed by atoms with Crippen LogP contribution in [0, 0.1) is 13.8 Å². The van der Waals surface area contributed by atoms with Crippen LogP contribution in [0.1, 0.15) is 27.3 Å². The van der Waals surface area contributed by atoms with E-state index in [-0.39, 0.29) is 18.3 Å². The molecule has 2 aromatic heterocycles. The van der Waals surface area contributed by atoms with Gasteiger partial charge in [0.25, 0.3) is 0 Å².